The van der Waals surface area contributed by atoms with Crippen LogP contribution in [0.3, 0.4) is 0 Å². The van der Waals surface area contributed by atoms with E-state index in [1.807, 2.05) is 19.2 Å². The van der Waals surface area contributed by atoms with Gasteiger partial charge in [-0.05, 0) is 38.1 Å². The van der Waals surface area contributed by atoms with Gasteiger partial charge in [0.2, 0.25) is 0 Å². The van der Waals surface area contributed by atoms with Crippen molar-refractivity contribution in [2.45, 2.75) is 32.4 Å². The first-order valence-corrected chi connectivity index (χ1v) is 9.54. The third-order valence-electron chi connectivity index (χ3n) is 4.61. The molecule has 7 heteroatoms. The number of rotatable bonds is 6. The van der Waals surface area contributed by atoms with Crippen molar-refractivity contribution in [3.8, 4) is 5.75 Å². The lowest BCUT2D eigenvalue weighted by atomic mass is 10.1. The molecule has 26 heavy (non-hydrogen) atoms. The van der Waals surface area contributed by atoms with E-state index < -0.39 is 0 Å². The van der Waals surface area contributed by atoms with Crippen molar-refractivity contribution in [1.82, 2.24) is 20.1 Å². The van der Waals surface area contributed by atoms with Gasteiger partial charge in [0, 0.05) is 30.1 Å². The molecule has 1 N–H and O–H groups in total. The van der Waals surface area contributed by atoms with E-state index in [2.05, 4.69) is 20.1 Å². The summed E-state index contributed by atoms with van der Waals surface area (Å²) in [5, 5.41) is 8.57. The van der Waals surface area contributed by atoms with Crippen LogP contribution in [0.4, 0.5) is 4.39 Å². The van der Waals surface area contributed by atoms with Crippen LogP contribution < -0.4 is 4.74 Å². The molecule has 1 saturated heterocycles. The lowest BCUT2D eigenvalue weighted by Crippen LogP contribution is -2.19. The molecule has 0 radical (unpaired) electrons. The zero-order valence-electron chi connectivity index (χ0n) is 14.6. The van der Waals surface area contributed by atoms with Gasteiger partial charge < -0.3 is 4.74 Å². The molecular weight excluding hydrogens is 351 g/mol. The predicted octanol–water partition coefficient (Wildman–Crippen LogP) is 3.88. The van der Waals surface area contributed by atoms with Crippen LogP contribution in [0.5, 0.6) is 5.75 Å². The Kier molecular flexibility index (Phi) is 4.99. The van der Waals surface area contributed by atoms with E-state index in [1.165, 1.54) is 10.9 Å². The number of likely N-dealkylation sites (tertiary alicyclic amines) is 1. The molecule has 3 heterocycles. The van der Waals surface area contributed by atoms with Gasteiger partial charge in [0.25, 0.3) is 0 Å². The van der Waals surface area contributed by atoms with Gasteiger partial charge in [0.1, 0.15) is 6.61 Å². The van der Waals surface area contributed by atoms with Gasteiger partial charge in [-0.2, -0.15) is 5.10 Å². The summed E-state index contributed by atoms with van der Waals surface area (Å²) in [5.74, 6) is 0.329. The molecule has 0 aliphatic carbocycles. The number of aromatic nitrogens is 3. The Labute approximate surface area is 155 Å². The third kappa shape index (κ3) is 3.94. The third-order valence-corrected chi connectivity index (χ3v) is 5.51. The molecule has 1 fully saturated rings. The number of aromatic amines is 1. The monoisotopic (exact) mass is 372 g/mol. The highest BCUT2D eigenvalue weighted by Gasteiger charge is 2.26. The summed E-state index contributed by atoms with van der Waals surface area (Å²) in [7, 11) is 0. The van der Waals surface area contributed by atoms with E-state index in [1.54, 1.807) is 29.5 Å². The molecule has 0 amide bonds. The number of para-hydroxylation sites is 1. The van der Waals surface area contributed by atoms with Crippen LogP contribution in [0.15, 0.2) is 36.5 Å². The van der Waals surface area contributed by atoms with Crippen LogP contribution in [0.1, 0.15) is 33.6 Å². The summed E-state index contributed by atoms with van der Waals surface area (Å²) >= 11 is 1.76. The second kappa shape index (κ2) is 7.55. The number of thiazole rings is 1. The summed E-state index contributed by atoms with van der Waals surface area (Å²) in [6.45, 7) is 5.33. The Morgan fingerprint density at radius 3 is 3.08 bits per heavy atom. The Morgan fingerprint density at radius 2 is 2.27 bits per heavy atom. The minimum Gasteiger partial charge on any atom is -0.484 e. The van der Waals surface area contributed by atoms with E-state index in [-0.39, 0.29) is 18.2 Å². The molecule has 4 rings (SSSR count). The standard InChI is InChI=1S/C19H21FN4OS/c1-13-21-9-16(26-13)11-24-7-6-14(10-24)18-8-15(22-23-18)12-25-19-5-3-2-4-17(19)20/h2-5,8-9,14H,6-7,10-12H2,1H3,(H,22,23)/t14-/m1/s1. The maximum absolute atomic E-state index is 13.6. The van der Waals surface area contributed by atoms with Crippen LogP contribution in [-0.4, -0.2) is 33.2 Å². The molecule has 1 aliphatic rings. The van der Waals surface area contributed by atoms with E-state index >= 15 is 0 Å². The first-order valence-electron chi connectivity index (χ1n) is 8.72. The lowest BCUT2D eigenvalue weighted by molar-refractivity contribution is 0.286. The number of ether oxygens (including phenoxy) is 1. The fraction of sp³-hybridized carbons (Fsp3) is 0.368. The molecule has 5 nitrogen and oxygen atoms in total. The summed E-state index contributed by atoms with van der Waals surface area (Å²) in [6.07, 6.45) is 3.07. The van der Waals surface area contributed by atoms with Gasteiger partial charge in [-0.15, -0.1) is 11.3 Å². The minimum absolute atomic E-state index is 0.260. The Balaban J connectivity index is 1.32. The zero-order chi connectivity index (χ0) is 17.9. The smallest absolute Gasteiger partial charge is 0.165 e. The maximum atomic E-state index is 13.6. The molecule has 0 saturated carbocycles. The first-order chi connectivity index (χ1) is 12.7. The molecule has 0 unspecified atom stereocenters. The highest BCUT2D eigenvalue weighted by atomic mass is 32.1. The van der Waals surface area contributed by atoms with Crippen molar-refractivity contribution in [2.24, 2.45) is 0 Å². The Morgan fingerprint density at radius 1 is 1.38 bits per heavy atom. The molecule has 2 aromatic heterocycles. The fourth-order valence-electron chi connectivity index (χ4n) is 3.30. The van der Waals surface area contributed by atoms with Crippen LogP contribution in [-0.2, 0) is 13.2 Å². The zero-order valence-corrected chi connectivity index (χ0v) is 15.4. The molecule has 1 atom stereocenters. The number of hydrogen-bond acceptors (Lipinski definition) is 5. The second-order valence-corrected chi connectivity index (χ2v) is 7.92. The van der Waals surface area contributed by atoms with Crippen molar-refractivity contribution in [3.05, 3.63) is 63.6 Å². The van der Waals surface area contributed by atoms with Gasteiger partial charge in [-0.25, -0.2) is 9.37 Å². The Hall–Kier alpha value is -2.25. The van der Waals surface area contributed by atoms with E-state index in [0.717, 1.165) is 42.5 Å². The molecule has 1 aromatic carbocycles. The fourth-order valence-corrected chi connectivity index (χ4v) is 4.13. The highest BCUT2D eigenvalue weighted by Crippen LogP contribution is 2.28. The van der Waals surface area contributed by atoms with Crippen LogP contribution in [0.2, 0.25) is 0 Å². The van der Waals surface area contributed by atoms with Gasteiger partial charge in [0.05, 0.1) is 16.4 Å². The number of benzene rings is 1. The average Bonchev–Trinajstić information content (AvgIpc) is 3.36. The van der Waals surface area contributed by atoms with E-state index in [0.29, 0.717) is 5.92 Å². The van der Waals surface area contributed by atoms with Crippen molar-refractivity contribution in [1.29, 1.82) is 0 Å². The van der Waals surface area contributed by atoms with Crippen molar-refractivity contribution < 1.29 is 9.13 Å². The largest absolute Gasteiger partial charge is 0.484 e. The van der Waals surface area contributed by atoms with Crippen LogP contribution >= 0.6 is 11.3 Å². The topological polar surface area (TPSA) is 54.0 Å². The molecular formula is C19H21FN4OS. The average molecular weight is 372 g/mol. The van der Waals surface area contributed by atoms with Gasteiger partial charge in [-0.1, -0.05) is 12.1 Å². The number of aryl methyl sites for hydroxylation is 1. The van der Waals surface area contributed by atoms with Crippen molar-refractivity contribution in [3.63, 3.8) is 0 Å². The number of halogens is 1. The second-order valence-electron chi connectivity index (χ2n) is 6.60. The molecule has 0 spiro atoms. The van der Waals surface area contributed by atoms with Crippen LogP contribution in [0, 0.1) is 12.7 Å². The number of nitrogens with one attached hydrogen (secondary N) is 1. The Bertz CT molecular complexity index is 878. The number of hydrogen-bond donors (Lipinski definition) is 1. The van der Waals surface area contributed by atoms with Gasteiger partial charge >= 0.3 is 0 Å². The van der Waals surface area contributed by atoms with Crippen molar-refractivity contribution >= 4 is 11.3 Å². The van der Waals surface area contributed by atoms with Crippen molar-refractivity contribution in [2.75, 3.05) is 13.1 Å². The van der Waals surface area contributed by atoms with E-state index in [4.69, 9.17) is 4.74 Å². The first kappa shape index (κ1) is 17.2. The summed E-state index contributed by atoms with van der Waals surface area (Å²) in [5.41, 5.74) is 1.92. The number of H-pyrrole nitrogens is 1. The summed E-state index contributed by atoms with van der Waals surface area (Å²) in [4.78, 5) is 8.08. The lowest BCUT2D eigenvalue weighted by Gasteiger charge is -2.13. The molecule has 1 aliphatic heterocycles. The summed E-state index contributed by atoms with van der Waals surface area (Å²) < 4.78 is 19.1. The quantitative estimate of drug-likeness (QED) is 0.713. The molecule has 136 valence electrons. The highest BCUT2D eigenvalue weighted by molar-refractivity contribution is 7.11. The van der Waals surface area contributed by atoms with Crippen LogP contribution in [0.25, 0.3) is 0 Å². The predicted molar refractivity (Wildman–Crippen MR) is 98.8 cm³/mol. The normalized spacial score (nSPS) is 17.7. The van der Waals surface area contributed by atoms with E-state index in [9.17, 15) is 4.39 Å². The molecule has 3 aromatic rings. The summed E-state index contributed by atoms with van der Waals surface area (Å²) in [6, 6.07) is 8.46. The molecule has 0 bridgehead atoms. The maximum Gasteiger partial charge on any atom is 0.165 e. The number of nitrogens with zero attached hydrogens (tertiary/aromatic N) is 3. The van der Waals surface area contributed by atoms with Gasteiger partial charge in [-0.3, -0.25) is 10.00 Å². The minimum atomic E-state index is -0.350. The SMILES string of the molecule is Cc1ncc(CN2CC[C@@H](c3cc(COc4ccccc4F)[nH]n3)C2)s1. The van der Waals surface area contributed by atoms with Gasteiger partial charge in [0.15, 0.2) is 11.6 Å².